The van der Waals surface area contributed by atoms with Gasteiger partial charge in [-0.2, -0.15) is 0 Å². The number of benzene rings is 2. The van der Waals surface area contributed by atoms with Crippen molar-refractivity contribution in [1.82, 2.24) is 50.5 Å². The van der Waals surface area contributed by atoms with Gasteiger partial charge in [-0.3, -0.25) is 14.4 Å². The largest absolute Gasteiger partial charge is 0.378 e. The predicted molar refractivity (Wildman–Crippen MR) is 295 cm³/mol. The number of imide groups is 2. The van der Waals surface area contributed by atoms with E-state index < -0.39 is 29.4 Å². The summed E-state index contributed by atoms with van der Waals surface area (Å²) < 4.78 is 69.2. The van der Waals surface area contributed by atoms with Gasteiger partial charge in [0.05, 0.1) is 189 Å². The molecule has 4 aromatic rings. The molecule has 3 aliphatic rings. The van der Waals surface area contributed by atoms with Crippen LogP contribution in [-0.4, -0.2) is 258 Å². The van der Waals surface area contributed by atoms with Gasteiger partial charge < -0.3 is 77.2 Å². The lowest BCUT2D eigenvalue weighted by Crippen LogP contribution is -2.56. The molecule has 31 heteroatoms. The maximum Gasteiger partial charge on any atom is 0.335 e. The number of piperidine rings is 1. The number of hydrogen-bond donors (Lipinski definition) is 2. The summed E-state index contributed by atoms with van der Waals surface area (Å²) in [5.41, 5.74) is 1.83. The second-order valence-corrected chi connectivity index (χ2v) is 18.9. The van der Waals surface area contributed by atoms with E-state index in [0.29, 0.717) is 180 Å². The van der Waals surface area contributed by atoms with Gasteiger partial charge >= 0.3 is 18.0 Å². The molecule has 0 aliphatic carbocycles. The molecule has 2 N–H and O–H groups in total. The minimum absolute atomic E-state index is 0.0482. The van der Waals surface area contributed by atoms with E-state index >= 15 is 0 Å². The van der Waals surface area contributed by atoms with Crippen molar-refractivity contribution in [2.24, 2.45) is 0 Å². The lowest BCUT2D eigenvalue weighted by Gasteiger charge is -2.37. The zero-order valence-corrected chi connectivity index (χ0v) is 47.6. The van der Waals surface area contributed by atoms with E-state index in [-0.39, 0.29) is 70.3 Å². The van der Waals surface area contributed by atoms with Crippen molar-refractivity contribution in [2.45, 2.75) is 44.2 Å². The number of hydroxylamine groups is 2. The molecule has 0 atom stereocenters. The summed E-state index contributed by atoms with van der Waals surface area (Å²) >= 11 is 0. The highest BCUT2D eigenvalue weighted by Crippen LogP contribution is 2.33. The summed E-state index contributed by atoms with van der Waals surface area (Å²) in [4.78, 5) is 82.3. The van der Waals surface area contributed by atoms with Crippen LogP contribution in [0, 0.1) is 0 Å². The Balaban J connectivity index is 0.574. The van der Waals surface area contributed by atoms with Crippen LogP contribution >= 0.6 is 0 Å². The zero-order chi connectivity index (χ0) is 59.6. The van der Waals surface area contributed by atoms with Gasteiger partial charge in [0.25, 0.3) is 17.7 Å². The van der Waals surface area contributed by atoms with Crippen LogP contribution in [0.4, 0.5) is 21.0 Å². The number of amides is 7. The molecule has 0 radical (unpaired) electrons. The molecule has 3 saturated heterocycles. The normalized spacial score (nSPS) is 15.0. The quantitative estimate of drug-likeness (QED) is 0.0357. The number of carbonyl (C=O) groups excluding carboxylic acids is 6. The van der Waals surface area contributed by atoms with Gasteiger partial charge in [-0.25, -0.2) is 28.6 Å². The number of anilines is 2. The standard InChI is InChI=1S/C54H76N12O19/c67-48-7-8-49(68)66(48)85-50(69)9-15-73-17-19-75-21-23-77-25-27-79-29-31-81-33-35-83-37-38-84-36-34-82-32-30-80-28-26-78-24-22-76-20-18-74-16-14-63-41-47(58-60-63)43-3-1-4-44(39-43)56-52(71)62-12-10-54(11-13-62)51(70)65(53(72)57-54)46-6-2-5-45(40-46)64-42-55-59-61-64/h1-6,39-42H,7-38H2,(H,56,71)(H,57,72). The Labute approximate surface area is 490 Å². The van der Waals surface area contributed by atoms with Crippen molar-refractivity contribution in [3.8, 4) is 16.9 Å². The minimum Gasteiger partial charge on any atom is -0.378 e. The van der Waals surface area contributed by atoms with Crippen LogP contribution in [0.3, 0.4) is 0 Å². The number of rotatable bonds is 44. The maximum atomic E-state index is 13.7. The molecule has 466 valence electrons. The van der Waals surface area contributed by atoms with Crippen LogP contribution in [0.5, 0.6) is 0 Å². The Hall–Kier alpha value is -7.01. The number of likely N-dealkylation sites (tertiary alicyclic amines) is 1. The first-order valence-corrected chi connectivity index (χ1v) is 28.3. The topological polar surface area (TPSA) is 330 Å². The molecular formula is C54H76N12O19. The highest BCUT2D eigenvalue weighted by atomic mass is 16.7. The van der Waals surface area contributed by atoms with E-state index in [0.717, 1.165) is 10.5 Å². The molecule has 0 unspecified atom stereocenters. The molecule has 0 saturated carbocycles. The first kappa shape index (κ1) is 65.5. The number of carbonyl (C=O) groups is 6. The van der Waals surface area contributed by atoms with E-state index in [9.17, 15) is 28.8 Å². The van der Waals surface area contributed by atoms with Gasteiger partial charge in [-0.15, -0.1) is 15.3 Å². The molecule has 31 nitrogen and oxygen atoms in total. The minimum atomic E-state index is -1.12. The number of hydrogen-bond acceptors (Lipinski definition) is 24. The summed E-state index contributed by atoms with van der Waals surface area (Å²) in [6, 6.07) is 13.3. The summed E-state index contributed by atoms with van der Waals surface area (Å²) in [5.74, 6) is -2.12. The van der Waals surface area contributed by atoms with Crippen LogP contribution in [0.25, 0.3) is 16.9 Å². The molecular weight excluding hydrogens is 1120 g/mol. The van der Waals surface area contributed by atoms with Gasteiger partial charge in [0.15, 0.2) is 0 Å². The third-order valence-electron chi connectivity index (χ3n) is 12.9. The van der Waals surface area contributed by atoms with Gasteiger partial charge in [-0.1, -0.05) is 23.4 Å². The van der Waals surface area contributed by atoms with E-state index in [1.165, 1.54) is 11.0 Å². The van der Waals surface area contributed by atoms with Gasteiger partial charge in [0.1, 0.15) is 17.6 Å². The second kappa shape index (κ2) is 37.4. The highest BCUT2D eigenvalue weighted by Gasteiger charge is 2.53. The molecule has 2 aromatic carbocycles. The van der Waals surface area contributed by atoms with Crippen LogP contribution < -0.4 is 15.5 Å². The molecule has 7 amide bonds. The SMILES string of the molecule is O=C(CCOCCOCCOCCOCCOCCOCCOCCOCCOCCOCCOCCOCCn1cc(-c2cccc(NC(=O)N3CCC4(CC3)NC(=O)N(c3cccc(-n5cnnn5)c3)C4=O)c2)nn1)ON1C(=O)CCC1=O. The van der Waals surface area contributed by atoms with E-state index in [4.69, 9.17) is 61.7 Å². The molecule has 0 bridgehead atoms. The third-order valence-corrected chi connectivity index (χ3v) is 12.9. The van der Waals surface area contributed by atoms with Crippen molar-refractivity contribution in [2.75, 3.05) is 182 Å². The van der Waals surface area contributed by atoms with Crippen LogP contribution in [-0.2, 0) is 87.4 Å². The van der Waals surface area contributed by atoms with Crippen molar-refractivity contribution in [3.05, 3.63) is 61.1 Å². The Bertz CT molecular complexity index is 2630. The van der Waals surface area contributed by atoms with Crippen molar-refractivity contribution in [3.63, 3.8) is 0 Å². The third kappa shape index (κ3) is 22.7. The Morgan fingerprint density at radius 1 is 0.565 bits per heavy atom. The number of aromatic nitrogens is 7. The highest BCUT2D eigenvalue weighted by molar-refractivity contribution is 6.23. The van der Waals surface area contributed by atoms with Crippen molar-refractivity contribution < 1.29 is 90.4 Å². The first-order chi connectivity index (χ1) is 41.7. The zero-order valence-electron chi connectivity index (χ0n) is 47.6. The smallest absolute Gasteiger partial charge is 0.335 e. The van der Waals surface area contributed by atoms with Gasteiger partial charge in [0, 0.05) is 37.2 Å². The van der Waals surface area contributed by atoms with Crippen LogP contribution in [0.2, 0.25) is 0 Å². The summed E-state index contributed by atoms with van der Waals surface area (Å²) in [6.45, 7) is 10.7. The fraction of sp³-hybridized carbons (Fsp3) is 0.611. The van der Waals surface area contributed by atoms with Crippen molar-refractivity contribution in [1.29, 1.82) is 0 Å². The van der Waals surface area contributed by atoms with E-state index in [1.807, 2.05) is 24.4 Å². The average Bonchev–Trinajstić information content (AvgIpc) is 2.04. The number of nitrogens with one attached hydrogen (secondary N) is 2. The summed E-state index contributed by atoms with van der Waals surface area (Å²) in [5, 5.41) is 26.0. The number of ether oxygens (including phenoxy) is 12. The van der Waals surface area contributed by atoms with Crippen LogP contribution in [0.1, 0.15) is 32.1 Å². The summed E-state index contributed by atoms with van der Waals surface area (Å²) in [6.07, 6.45) is 3.75. The molecule has 2 aromatic heterocycles. The molecule has 3 fully saturated rings. The Kier molecular flexibility index (Phi) is 28.9. The van der Waals surface area contributed by atoms with Gasteiger partial charge in [-0.05, 0) is 53.6 Å². The fourth-order valence-electron chi connectivity index (χ4n) is 8.48. The number of tetrazole rings is 1. The fourth-order valence-corrected chi connectivity index (χ4v) is 8.48. The molecule has 7 rings (SSSR count). The molecule has 3 aliphatic heterocycles. The van der Waals surface area contributed by atoms with E-state index in [1.54, 1.807) is 39.9 Å². The predicted octanol–water partition coefficient (Wildman–Crippen LogP) is 1.24. The Morgan fingerprint density at radius 2 is 1.05 bits per heavy atom. The lowest BCUT2D eigenvalue weighted by molar-refractivity contribution is -0.198. The maximum absolute atomic E-state index is 13.7. The average molecular weight is 1200 g/mol. The monoisotopic (exact) mass is 1200 g/mol. The first-order valence-electron chi connectivity index (χ1n) is 28.3. The Morgan fingerprint density at radius 3 is 1.55 bits per heavy atom. The second-order valence-electron chi connectivity index (χ2n) is 18.9. The number of urea groups is 2. The van der Waals surface area contributed by atoms with Crippen molar-refractivity contribution >= 4 is 47.1 Å². The molecule has 85 heavy (non-hydrogen) atoms. The van der Waals surface area contributed by atoms with Gasteiger partial charge in [0.2, 0.25) is 0 Å². The lowest BCUT2D eigenvalue weighted by atomic mass is 9.87. The molecule has 5 heterocycles. The van der Waals surface area contributed by atoms with E-state index in [2.05, 4.69) is 36.5 Å². The molecule has 1 spiro atoms. The number of nitrogens with zero attached hydrogens (tertiary/aromatic N) is 10. The summed E-state index contributed by atoms with van der Waals surface area (Å²) in [7, 11) is 0. The van der Waals surface area contributed by atoms with Crippen LogP contribution in [0.15, 0.2) is 61.1 Å².